The van der Waals surface area contributed by atoms with Gasteiger partial charge in [-0.15, -0.1) is 0 Å². The highest BCUT2D eigenvalue weighted by Gasteiger charge is 2.52. The summed E-state index contributed by atoms with van der Waals surface area (Å²) in [6.07, 6.45) is 3.00. The Bertz CT molecular complexity index is 1290. The van der Waals surface area contributed by atoms with Gasteiger partial charge >= 0.3 is 7.12 Å². The third-order valence-electron chi connectivity index (χ3n) is 6.67. The van der Waals surface area contributed by atoms with E-state index in [-0.39, 0.29) is 6.39 Å². The van der Waals surface area contributed by atoms with Gasteiger partial charge in [-0.25, -0.2) is 15.0 Å². The van der Waals surface area contributed by atoms with Gasteiger partial charge in [0.1, 0.15) is 0 Å². The van der Waals surface area contributed by atoms with E-state index in [4.69, 9.17) is 48.0 Å². The molecule has 1 aliphatic heterocycles. The molecule has 44 heavy (non-hydrogen) atoms. The van der Waals surface area contributed by atoms with Crippen LogP contribution < -0.4 is 5.46 Å². The molecule has 0 aromatic carbocycles. The molecule has 0 saturated carbocycles. The van der Waals surface area contributed by atoms with Crippen LogP contribution >= 0.6 is 31.9 Å². The molecule has 5 nitrogen and oxygen atoms in total. The van der Waals surface area contributed by atoms with Crippen LogP contribution in [0.1, 0.15) is 44.4 Å². The largest absolute Gasteiger partial charge is 0.495 e. The van der Waals surface area contributed by atoms with Gasteiger partial charge in [-0.2, -0.15) is 13.2 Å². The number of aryl methyl sites for hydroxylation is 3. The Labute approximate surface area is 285 Å². The van der Waals surface area contributed by atoms with Gasteiger partial charge in [-0.1, -0.05) is 15.9 Å². The smallest absolute Gasteiger partial charge is 0.399 e. The maximum atomic E-state index is 13.2. The number of rotatable bonds is 4. The molecule has 215 valence electrons. The van der Waals surface area contributed by atoms with E-state index in [0.29, 0.717) is 9.94 Å². The molecule has 20 heteroatoms. The Morgan fingerprint density at radius 1 is 0.750 bits per heavy atom. The summed E-state index contributed by atoms with van der Waals surface area (Å²) in [6.45, 7) is 13.5. The van der Waals surface area contributed by atoms with Crippen molar-refractivity contribution in [1.82, 2.24) is 15.0 Å². The minimum Gasteiger partial charge on any atom is -0.399 e. The lowest BCUT2D eigenvalue weighted by Gasteiger charge is -2.32. The fourth-order valence-electron chi connectivity index (χ4n) is 3.24. The van der Waals surface area contributed by atoms with Crippen molar-refractivity contribution in [3.63, 3.8) is 0 Å². The van der Waals surface area contributed by atoms with Crippen LogP contribution in [0.3, 0.4) is 0 Å². The van der Waals surface area contributed by atoms with E-state index >= 15 is 0 Å². The van der Waals surface area contributed by atoms with Crippen molar-refractivity contribution in [2.45, 2.75) is 59.7 Å². The monoisotopic (exact) mass is 714 g/mol. The number of nitrogens with zero attached hydrogens (tertiary/aromatic N) is 3. The normalized spacial score (nSPS) is 14.0. The number of hydrogen-bond donors (Lipinski definition) is 0. The van der Waals surface area contributed by atoms with E-state index in [0.717, 1.165) is 21.2 Å². The zero-order valence-electron chi connectivity index (χ0n) is 25.8. The van der Waals surface area contributed by atoms with Crippen molar-refractivity contribution in [2.75, 3.05) is 0 Å². The molecule has 0 atom stereocenters. The molecule has 11 radical (unpaired) electrons. The number of pyridine rings is 3. The van der Waals surface area contributed by atoms with Gasteiger partial charge in [0.15, 0.2) is 0 Å². The maximum absolute atomic E-state index is 13.2. The number of aromatic nitrogens is 3. The first kappa shape index (κ1) is 40.8. The van der Waals surface area contributed by atoms with Crippen LogP contribution in [0.5, 0.6) is 0 Å². The molecule has 4 heterocycles. The number of halogens is 5. The van der Waals surface area contributed by atoms with Gasteiger partial charge in [0.2, 0.25) is 17.8 Å². The second kappa shape index (κ2) is 18.2. The van der Waals surface area contributed by atoms with E-state index < -0.39 is 48.9 Å². The first-order valence-corrected chi connectivity index (χ1v) is 14.9. The first-order chi connectivity index (χ1) is 20.2. The molecule has 1 fully saturated rings. The Kier molecular flexibility index (Phi) is 16.9. The molecule has 0 N–H and O–H groups in total. The number of hydrogen-bond acceptors (Lipinski definition) is 5. The highest BCUT2D eigenvalue weighted by Crippen LogP contribution is 2.36. The summed E-state index contributed by atoms with van der Waals surface area (Å²) in [5.41, 5.74) is 2.63. The Morgan fingerprint density at radius 3 is 1.59 bits per heavy atom. The molecule has 1 aliphatic rings. The van der Waals surface area contributed by atoms with Crippen LogP contribution in [-0.4, -0.2) is 98.2 Å². The lowest BCUT2D eigenvalue weighted by Crippen LogP contribution is -2.55. The third kappa shape index (κ3) is 12.9. The van der Waals surface area contributed by atoms with E-state index in [1.165, 1.54) is 37.8 Å². The van der Waals surface area contributed by atoms with Crippen molar-refractivity contribution >= 4 is 109 Å². The molecule has 0 aliphatic carbocycles. The van der Waals surface area contributed by atoms with Crippen molar-refractivity contribution in [3.05, 3.63) is 80.3 Å². The van der Waals surface area contributed by atoms with Crippen LogP contribution in [-0.2, 0) is 9.31 Å². The fraction of sp³-hybridized carbons (Fsp3) is 0.375. The second-order valence-electron chi connectivity index (χ2n) is 10.9. The minimum atomic E-state index is -0.574. The van der Waals surface area contributed by atoms with Crippen LogP contribution in [0.15, 0.2) is 45.7 Å². The van der Waals surface area contributed by atoms with Gasteiger partial charge < -0.3 is 9.31 Å². The van der Waals surface area contributed by atoms with Gasteiger partial charge in [0.25, 0.3) is 0 Å². The van der Waals surface area contributed by atoms with E-state index in [2.05, 4.69) is 46.8 Å². The molecule has 3 aromatic heterocycles. The summed E-state index contributed by atoms with van der Waals surface area (Å²) in [5.74, 6) is -1.42. The van der Waals surface area contributed by atoms with Crippen molar-refractivity contribution in [1.29, 1.82) is 0 Å². The lowest BCUT2D eigenvalue weighted by molar-refractivity contribution is 0.00578. The summed E-state index contributed by atoms with van der Waals surface area (Å²) >= 11 is 6.17. The molecular formula is C24H27B10Br2F3N3O2. The van der Waals surface area contributed by atoms with Gasteiger partial charge in [-0.05, 0) is 98.7 Å². The van der Waals surface area contributed by atoms with Crippen molar-refractivity contribution in [3.8, 4) is 0 Å². The van der Waals surface area contributed by atoms with Crippen LogP contribution in [0.4, 0.5) is 13.2 Å². The van der Waals surface area contributed by atoms with Crippen LogP contribution in [0, 0.1) is 38.6 Å². The second-order valence-corrected chi connectivity index (χ2v) is 12.6. The van der Waals surface area contributed by atoms with E-state index in [1.807, 2.05) is 48.5 Å². The summed E-state index contributed by atoms with van der Waals surface area (Å²) in [6, 6.07) is 4.40. The Hall–Kier alpha value is -1.23. The molecule has 1 saturated heterocycles. The molecule has 3 aromatic rings. The highest BCUT2D eigenvalue weighted by atomic mass is 79.9. The molecule has 0 unspecified atom stereocenters. The standard InChI is InChI=1S/C12H17BFNO2.2C6H5BrFN.B9/c1-8-7-15-10(14)6-9(8)13-16-11(2,3)12(4,5)17-13;1-4-3-9-6(8)2-5(4)7;1-4-2-5(7)6(8)9-3-4;1-6-9(7(2)3)8(4)5/h6-7H,1-5H3;2*2-3H,1H3;. The summed E-state index contributed by atoms with van der Waals surface area (Å²) < 4.78 is 50.6. The quantitative estimate of drug-likeness (QED) is 0.308. The SMILES string of the molecule is Cc1cnc(F)c(Br)c1.Cc1cnc(F)cc1B1OC(C)(C)C(C)(C)O1.Cc1cnc(F)cc1Br.[B][B]B(B([B])[B])B([B])[B]. The van der Waals surface area contributed by atoms with E-state index in [9.17, 15) is 13.2 Å². The predicted molar refractivity (Wildman–Crippen MR) is 190 cm³/mol. The average Bonchev–Trinajstić information content (AvgIpc) is 3.13. The first-order valence-electron chi connectivity index (χ1n) is 13.3. The third-order valence-corrected chi connectivity index (χ3v) is 8.08. The highest BCUT2D eigenvalue weighted by molar-refractivity contribution is 9.10. The summed E-state index contributed by atoms with van der Waals surface area (Å²) in [7, 11) is 26.9. The topological polar surface area (TPSA) is 57.1 Å². The lowest BCUT2D eigenvalue weighted by atomic mass is 8.64. The Balaban J connectivity index is 0.000000310. The minimum absolute atomic E-state index is 0.315. The van der Waals surface area contributed by atoms with Gasteiger partial charge in [0.05, 0.1) is 15.7 Å². The molecule has 4 rings (SSSR count). The summed E-state index contributed by atoms with van der Waals surface area (Å²) in [5, 5.41) is 0. The van der Waals surface area contributed by atoms with Gasteiger partial charge in [0, 0.05) is 94.0 Å². The van der Waals surface area contributed by atoms with E-state index in [1.54, 1.807) is 6.07 Å². The van der Waals surface area contributed by atoms with Crippen molar-refractivity contribution < 1.29 is 22.5 Å². The average molecular weight is 714 g/mol. The molecule has 0 spiro atoms. The molecular weight excluding hydrogens is 687 g/mol. The maximum Gasteiger partial charge on any atom is 0.495 e. The van der Waals surface area contributed by atoms with Crippen molar-refractivity contribution in [2.24, 2.45) is 0 Å². The van der Waals surface area contributed by atoms with Crippen LogP contribution in [0.25, 0.3) is 0 Å². The van der Waals surface area contributed by atoms with Gasteiger partial charge in [-0.3, -0.25) is 0 Å². The zero-order chi connectivity index (χ0) is 34.0. The predicted octanol–water partition coefficient (Wildman–Crippen LogP) is 2.98. The Morgan fingerprint density at radius 2 is 1.23 bits per heavy atom. The zero-order valence-corrected chi connectivity index (χ0v) is 29.0. The summed E-state index contributed by atoms with van der Waals surface area (Å²) in [4.78, 5) is 10.5. The fourth-order valence-corrected chi connectivity index (χ4v) is 4.00. The molecule has 0 bridgehead atoms. The molecule has 0 amide bonds. The van der Waals surface area contributed by atoms with Crippen LogP contribution in [0.2, 0.25) is 0 Å².